The molecule has 2 N–H and O–H groups in total. The predicted octanol–water partition coefficient (Wildman–Crippen LogP) is 2.55. The maximum atomic E-state index is 9.02. The standard InChI is InChI=1S/C15H16N2O3/c1-19-14-9-7-13(8-10-14)15(16-18)17-20-11-12-5-3-2-4-6-12/h2-10,18H,11H2,1H3,(H,16,17). The van der Waals surface area contributed by atoms with Crippen LogP contribution in [0, 0.1) is 0 Å². The van der Waals surface area contributed by atoms with Gasteiger partial charge in [0.2, 0.25) is 0 Å². The number of nitrogens with zero attached hydrogens (tertiary/aromatic N) is 1. The highest BCUT2D eigenvalue weighted by atomic mass is 16.6. The number of nitrogens with one attached hydrogen (secondary N) is 1. The van der Waals surface area contributed by atoms with E-state index in [1.807, 2.05) is 30.3 Å². The van der Waals surface area contributed by atoms with Crippen LogP contribution in [-0.4, -0.2) is 18.2 Å². The Labute approximate surface area is 117 Å². The summed E-state index contributed by atoms with van der Waals surface area (Å²) in [5, 5.41) is 12.2. The molecule has 0 fully saturated rings. The largest absolute Gasteiger partial charge is 0.497 e. The summed E-state index contributed by atoms with van der Waals surface area (Å²) in [6.07, 6.45) is 0. The SMILES string of the molecule is COc1ccc(/C(=N\O)NOCc2ccccc2)cc1. The van der Waals surface area contributed by atoms with Crippen LogP contribution < -0.4 is 10.2 Å². The Hall–Kier alpha value is -2.53. The number of hydrogen-bond acceptors (Lipinski definition) is 4. The monoisotopic (exact) mass is 272 g/mol. The highest BCUT2D eigenvalue weighted by molar-refractivity contribution is 5.97. The average molecular weight is 272 g/mol. The predicted molar refractivity (Wildman–Crippen MR) is 75.7 cm³/mol. The van der Waals surface area contributed by atoms with Gasteiger partial charge in [0.05, 0.1) is 13.7 Å². The average Bonchev–Trinajstić information content (AvgIpc) is 2.53. The molecule has 0 amide bonds. The highest BCUT2D eigenvalue weighted by Gasteiger charge is 2.04. The van der Waals surface area contributed by atoms with Gasteiger partial charge in [0, 0.05) is 5.56 Å². The Morgan fingerprint density at radius 2 is 1.80 bits per heavy atom. The molecule has 20 heavy (non-hydrogen) atoms. The van der Waals surface area contributed by atoms with Crippen molar-refractivity contribution >= 4 is 5.84 Å². The van der Waals surface area contributed by atoms with Gasteiger partial charge in [-0.2, -0.15) is 0 Å². The first kappa shape index (κ1) is 13.9. The number of hydroxylamine groups is 1. The maximum Gasteiger partial charge on any atom is 0.196 e. The van der Waals surface area contributed by atoms with Crippen LogP contribution in [0.5, 0.6) is 5.75 Å². The molecule has 0 heterocycles. The fourth-order valence-electron chi connectivity index (χ4n) is 1.65. The summed E-state index contributed by atoms with van der Waals surface area (Å²) >= 11 is 0. The second-order valence-electron chi connectivity index (χ2n) is 4.05. The van der Waals surface area contributed by atoms with Gasteiger partial charge in [-0.1, -0.05) is 35.5 Å². The zero-order valence-electron chi connectivity index (χ0n) is 11.1. The first-order valence-corrected chi connectivity index (χ1v) is 6.11. The summed E-state index contributed by atoms with van der Waals surface area (Å²) < 4.78 is 5.07. The minimum Gasteiger partial charge on any atom is -0.497 e. The van der Waals surface area contributed by atoms with E-state index in [4.69, 9.17) is 14.8 Å². The molecule has 5 heteroatoms. The minimum atomic E-state index is 0.239. The van der Waals surface area contributed by atoms with Gasteiger partial charge in [-0.3, -0.25) is 4.84 Å². The van der Waals surface area contributed by atoms with Crippen LogP contribution in [0.15, 0.2) is 59.8 Å². The molecular formula is C15H16N2O3. The molecular weight excluding hydrogens is 256 g/mol. The molecule has 0 atom stereocenters. The van der Waals surface area contributed by atoms with Gasteiger partial charge < -0.3 is 9.94 Å². The topological polar surface area (TPSA) is 63.1 Å². The van der Waals surface area contributed by atoms with Crippen molar-refractivity contribution in [1.29, 1.82) is 0 Å². The van der Waals surface area contributed by atoms with Gasteiger partial charge in [0.15, 0.2) is 5.84 Å². The fourth-order valence-corrected chi connectivity index (χ4v) is 1.65. The number of hydrogen-bond donors (Lipinski definition) is 2. The van der Waals surface area contributed by atoms with E-state index in [9.17, 15) is 0 Å². The van der Waals surface area contributed by atoms with E-state index in [0.717, 1.165) is 11.3 Å². The van der Waals surface area contributed by atoms with Gasteiger partial charge in [-0.15, -0.1) is 0 Å². The van der Waals surface area contributed by atoms with E-state index in [-0.39, 0.29) is 5.84 Å². The zero-order valence-corrected chi connectivity index (χ0v) is 11.1. The molecule has 0 aromatic heterocycles. The van der Waals surface area contributed by atoms with Crippen LogP contribution in [0.4, 0.5) is 0 Å². The van der Waals surface area contributed by atoms with Crippen LogP contribution in [-0.2, 0) is 11.4 Å². The van der Waals surface area contributed by atoms with Crippen molar-refractivity contribution in [3.05, 3.63) is 65.7 Å². The normalized spacial score (nSPS) is 11.2. The lowest BCUT2D eigenvalue weighted by Crippen LogP contribution is -2.24. The van der Waals surface area contributed by atoms with Crippen molar-refractivity contribution in [3.63, 3.8) is 0 Å². The van der Waals surface area contributed by atoms with Crippen molar-refractivity contribution < 1.29 is 14.8 Å². The van der Waals surface area contributed by atoms with Crippen LogP contribution in [0.3, 0.4) is 0 Å². The molecule has 104 valence electrons. The second kappa shape index (κ2) is 7.16. The molecule has 2 rings (SSSR count). The van der Waals surface area contributed by atoms with Crippen LogP contribution in [0.1, 0.15) is 11.1 Å². The quantitative estimate of drug-likeness (QED) is 0.380. The minimum absolute atomic E-state index is 0.239. The summed E-state index contributed by atoms with van der Waals surface area (Å²) in [6, 6.07) is 16.8. The Morgan fingerprint density at radius 1 is 1.10 bits per heavy atom. The molecule has 0 spiro atoms. The smallest absolute Gasteiger partial charge is 0.196 e. The second-order valence-corrected chi connectivity index (χ2v) is 4.05. The Morgan fingerprint density at radius 3 is 2.40 bits per heavy atom. The Kier molecular flexibility index (Phi) is 4.97. The lowest BCUT2D eigenvalue weighted by atomic mass is 10.2. The first-order valence-electron chi connectivity index (χ1n) is 6.11. The number of amidine groups is 1. The molecule has 0 bridgehead atoms. The number of oxime groups is 1. The van der Waals surface area contributed by atoms with Gasteiger partial charge >= 0.3 is 0 Å². The van der Waals surface area contributed by atoms with Gasteiger partial charge in [-0.25, -0.2) is 5.48 Å². The van der Waals surface area contributed by atoms with E-state index in [2.05, 4.69) is 10.6 Å². The fraction of sp³-hybridized carbons (Fsp3) is 0.133. The number of methoxy groups -OCH3 is 1. The molecule has 0 saturated heterocycles. The lowest BCUT2D eigenvalue weighted by Gasteiger charge is -2.09. The molecule has 0 saturated carbocycles. The molecule has 0 aliphatic heterocycles. The van der Waals surface area contributed by atoms with Crippen molar-refractivity contribution in [1.82, 2.24) is 5.48 Å². The summed E-state index contributed by atoms with van der Waals surface area (Å²) in [4.78, 5) is 5.31. The van der Waals surface area contributed by atoms with Crippen molar-refractivity contribution in [2.75, 3.05) is 7.11 Å². The van der Waals surface area contributed by atoms with Crippen molar-refractivity contribution in [2.24, 2.45) is 5.16 Å². The molecule has 5 nitrogen and oxygen atoms in total. The molecule has 2 aromatic rings. The summed E-state index contributed by atoms with van der Waals surface area (Å²) in [7, 11) is 1.59. The third-order valence-corrected chi connectivity index (χ3v) is 2.71. The Bertz CT molecular complexity index is 553. The highest BCUT2D eigenvalue weighted by Crippen LogP contribution is 2.11. The molecule has 0 aliphatic rings. The van der Waals surface area contributed by atoms with Crippen LogP contribution in [0.25, 0.3) is 0 Å². The van der Waals surface area contributed by atoms with E-state index >= 15 is 0 Å². The molecule has 0 unspecified atom stereocenters. The van der Waals surface area contributed by atoms with Gasteiger partial charge in [0.25, 0.3) is 0 Å². The molecule has 0 radical (unpaired) electrons. The van der Waals surface area contributed by atoms with Crippen molar-refractivity contribution in [2.45, 2.75) is 6.61 Å². The summed E-state index contributed by atoms with van der Waals surface area (Å²) in [5.41, 5.74) is 4.35. The first-order chi connectivity index (χ1) is 9.83. The van der Waals surface area contributed by atoms with Crippen LogP contribution >= 0.6 is 0 Å². The van der Waals surface area contributed by atoms with Crippen molar-refractivity contribution in [3.8, 4) is 5.75 Å². The van der Waals surface area contributed by atoms with Crippen LogP contribution in [0.2, 0.25) is 0 Å². The van der Waals surface area contributed by atoms with E-state index < -0.39 is 0 Å². The summed E-state index contributed by atoms with van der Waals surface area (Å²) in [6.45, 7) is 0.371. The Balaban J connectivity index is 1.92. The maximum absolute atomic E-state index is 9.02. The van der Waals surface area contributed by atoms with Gasteiger partial charge in [-0.05, 0) is 29.8 Å². The number of ether oxygens (including phenoxy) is 1. The third kappa shape index (κ3) is 3.73. The third-order valence-electron chi connectivity index (χ3n) is 2.71. The summed E-state index contributed by atoms with van der Waals surface area (Å²) in [5.74, 6) is 0.972. The molecule has 0 aliphatic carbocycles. The number of rotatable bonds is 5. The van der Waals surface area contributed by atoms with E-state index in [0.29, 0.717) is 12.2 Å². The van der Waals surface area contributed by atoms with E-state index in [1.54, 1.807) is 31.4 Å². The van der Waals surface area contributed by atoms with E-state index in [1.165, 1.54) is 0 Å². The lowest BCUT2D eigenvalue weighted by molar-refractivity contribution is 0.0691. The van der Waals surface area contributed by atoms with Gasteiger partial charge in [0.1, 0.15) is 5.75 Å². The zero-order chi connectivity index (χ0) is 14.2. The number of benzene rings is 2. The molecule has 2 aromatic carbocycles.